The fraction of sp³-hybridized carbons (Fsp3) is 0.591. The monoisotopic (exact) mass is 381 g/mol. The van der Waals surface area contributed by atoms with Crippen molar-refractivity contribution >= 4 is 5.91 Å². The van der Waals surface area contributed by atoms with Gasteiger partial charge in [0.1, 0.15) is 0 Å². The number of rotatable bonds is 4. The Morgan fingerprint density at radius 3 is 2.14 bits per heavy atom. The van der Waals surface area contributed by atoms with E-state index in [2.05, 4.69) is 22.3 Å². The number of carbonyl (C=O) groups excluding carboxylic acids is 1. The van der Waals surface area contributed by atoms with Crippen LogP contribution in [0, 0.1) is 0 Å². The number of likely N-dealkylation sites (tertiary alicyclic amines) is 1. The molecule has 3 aliphatic rings. The van der Waals surface area contributed by atoms with Gasteiger partial charge in [-0.15, -0.1) is 10.2 Å². The summed E-state index contributed by atoms with van der Waals surface area (Å²) < 4.78 is 11.5. The summed E-state index contributed by atoms with van der Waals surface area (Å²) in [7, 11) is 0. The third kappa shape index (κ3) is 3.24. The molecule has 6 nitrogen and oxygen atoms in total. The third-order valence-corrected chi connectivity index (χ3v) is 6.60. The average Bonchev–Trinajstić information content (AvgIpc) is 3.51. The van der Waals surface area contributed by atoms with Crippen molar-refractivity contribution in [3.05, 3.63) is 47.7 Å². The van der Waals surface area contributed by atoms with Crippen molar-refractivity contribution in [3.63, 3.8) is 0 Å². The molecule has 1 aliphatic carbocycles. The van der Waals surface area contributed by atoms with Gasteiger partial charge in [-0.2, -0.15) is 0 Å². The number of ether oxygens (including phenoxy) is 1. The first kappa shape index (κ1) is 17.9. The van der Waals surface area contributed by atoms with Gasteiger partial charge < -0.3 is 14.1 Å². The predicted octanol–water partition coefficient (Wildman–Crippen LogP) is 3.40. The highest BCUT2D eigenvalue weighted by Gasteiger charge is 2.45. The van der Waals surface area contributed by atoms with Crippen LogP contribution < -0.4 is 0 Å². The van der Waals surface area contributed by atoms with E-state index in [-0.39, 0.29) is 11.8 Å². The number of benzene rings is 1. The molecule has 5 rings (SSSR count). The molecule has 1 aromatic carbocycles. The van der Waals surface area contributed by atoms with Crippen LogP contribution in [0.2, 0.25) is 0 Å². The molecule has 0 radical (unpaired) electrons. The predicted molar refractivity (Wildman–Crippen MR) is 103 cm³/mol. The van der Waals surface area contributed by atoms with Crippen LogP contribution in [0.5, 0.6) is 0 Å². The first-order valence-corrected chi connectivity index (χ1v) is 10.5. The molecule has 0 N–H and O–H groups in total. The number of nitrogens with zero attached hydrogens (tertiary/aromatic N) is 3. The lowest BCUT2D eigenvalue weighted by atomic mass is 9.72. The summed E-state index contributed by atoms with van der Waals surface area (Å²) in [5.74, 6) is 2.58. The summed E-state index contributed by atoms with van der Waals surface area (Å²) in [6.45, 7) is 2.78. The second-order valence-electron chi connectivity index (χ2n) is 8.38. The number of piperidine rings is 1. The maximum atomic E-state index is 13.6. The van der Waals surface area contributed by atoms with E-state index in [1.807, 2.05) is 23.1 Å². The van der Waals surface area contributed by atoms with Crippen LogP contribution in [0.1, 0.15) is 67.7 Å². The smallest absolute Gasteiger partial charge is 0.233 e. The van der Waals surface area contributed by atoms with Gasteiger partial charge in [-0.05, 0) is 44.1 Å². The van der Waals surface area contributed by atoms with E-state index in [0.29, 0.717) is 19.1 Å². The second-order valence-corrected chi connectivity index (χ2v) is 8.38. The van der Waals surface area contributed by atoms with E-state index in [1.54, 1.807) is 0 Å². The van der Waals surface area contributed by atoms with Crippen LogP contribution in [0.4, 0.5) is 0 Å². The molecule has 148 valence electrons. The Morgan fingerprint density at radius 1 is 0.929 bits per heavy atom. The Labute approximate surface area is 165 Å². The average molecular weight is 381 g/mol. The molecule has 0 spiro atoms. The van der Waals surface area contributed by atoms with Gasteiger partial charge in [0, 0.05) is 38.1 Å². The zero-order chi connectivity index (χ0) is 19.0. The summed E-state index contributed by atoms with van der Waals surface area (Å²) in [5.41, 5.74) is 0.673. The van der Waals surface area contributed by atoms with Gasteiger partial charge in [0.2, 0.25) is 17.7 Å². The molecule has 1 aromatic heterocycles. The van der Waals surface area contributed by atoms with Gasteiger partial charge in [-0.1, -0.05) is 30.3 Å². The zero-order valence-corrected chi connectivity index (χ0v) is 16.2. The molecule has 3 heterocycles. The van der Waals surface area contributed by atoms with E-state index in [0.717, 1.165) is 56.1 Å². The van der Waals surface area contributed by atoms with E-state index in [9.17, 15) is 4.79 Å². The lowest BCUT2D eigenvalue weighted by Gasteiger charge is -2.42. The Kier molecular flexibility index (Phi) is 4.67. The molecule has 0 unspecified atom stereocenters. The van der Waals surface area contributed by atoms with Gasteiger partial charge in [-0.3, -0.25) is 4.79 Å². The second kappa shape index (κ2) is 7.32. The first-order chi connectivity index (χ1) is 13.8. The van der Waals surface area contributed by atoms with Gasteiger partial charge in [0.05, 0.1) is 5.41 Å². The number of hydrogen-bond acceptors (Lipinski definition) is 5. The van der Waals surface area contributed by atoms with Gasteiger partial charge in [-0.25, -0.2) is 0 Å². The SMILES string of the molecule is O=C(N1CCC(c2nnc(C3CC3)o2)CC1)C1(c2ccccc2)CCOCC1. The molecular formula is C22H27N3O3. The molecule has 0 atom stereocenters. The van der Waals surface area contributed by atoms with Crippen LogP contribution in [-0.4, -0.2) is 47.3 Å². The molecule has 6 heteroatoms. The van der Waals surface area contributed by atoms with E-state index in [4.69, 9.17) is 9.15 Å². The number of hydrogen-bond donors (Lipinski definition) is 0. The van der Waals surface area contributed by atoms with Crippen molar-refractivity contribution in [1.82, 2.24) is 15.1 Å². The highest BCUT2D eigenvalue weighted by molar-refractivity contribution is 5.88. The topological polar surface area (TPSA) is 68.5 Å². The Bertz CT molecular complexity index is 817. The lowest BCUT2D eigenvalue weighted by molar-refractivity contribution is -0.142. The van der Waals surface area contributed by atoms with Gasteiger partial charge in [0.15, 0.2) is 0 Å². The standard InChI is InChI=1S/C22H27N3O3/c26-21(22(10-14-27-15-11-22)18-4-2-1-3-5-18)25-12-8-17(9-13-25)20-24-23-19(28-20)16-6-7-16/h1-5,16-17H,6-15H2. The van der Waals surface area contributed by atoms with E-state index >= 15 is 0 Å². The van der Waals surface area contributed by atoms with Crippen LogP contribution in [0.25, 0.3) is 0 Å². The van der Waals surface area contributed by atoms with Crippen molar-refractivity contribution in [2.75, 3.05) is 26.3 Å². The van der Waals surface area contributed by atoms with Gasteiger partial charge in [0.25, 0.3) is 0 Å². The van der Waals surface area contributed by atoms with Crippen molar-refractivity contribution in [1.29, 1.82) is 0 Å². The third-order valence-electron chi connectivity index (χ3n) is 6.60. The minimum absolute atomic E-state index is 0.254. The van der Waals surface area contributed by atoms with Crippen molar-refractivity contribution in [2.24, 2.45) is 0 Å². The zero-order valence-electron chi connectivity index (χ0n) is 16.2. The Balaban J connectivity index is 1.29. The molecule has 28 heavy (non-hydrogen) atoms. The maximum Gasteiger partial charge on any atom is 0.233 e. The lowest BCUT2D eigenvalue weighted by Crippen LogP contribution is -2.51. The molecule has 2 aliphatic heterocycles. The highest BCUT2D eigenvalue weighted by Crippen LogP contribution is 2.41. The summed E-state index contributed by atoms with van der Waals surface area (Å²) in [4.78, 5) is 15.7. The van der Waals surface area contributed by atoms with Crippen LogP contribution in [0.15, 0.2) is 34.7 Å². The van der Waals surface area contributed by atoms with Crippen molar-refractivity contribution < 1.29 is 13.9 Å². The summed E-state index contributed by atoms with van der Waals surface area (Å²) >= 11 is 0. The van der Waals surface area contributed by atoms with Crippen LogP contribution in [-0.2, 0) is 14.9 Å². The molecule has 2 aromatic rings. The maximum absolute atomic E-state index is 13.6. The molecule has 2 saturated heterocycles. The molecular weight excluding hydrogens is 354 g/mol. The van der Waals surface area contributed by atoms with E-state index in [1.165, 1.54) is 12.8 Å². The normalized spacial score (nSPS) is 22.9. The number of aromatic nitrogens is 2. The quantitative estimate of drug-likeness (QED) is 0.812. The number of carbonyl (C=O) groups is 1. The minimum Gasteiger partial charge on any atom is -0.425 e. The first-order valence-electron chi connectivity index (χ1n) is 10.5. The van der Waals surface area contributed by atoms with Gasteiger partial charge >= 0.3 is 0 Å². The Hall–Kier alpha value is -2.21. The summed E-state index contributed by atoms with van der Waals surface area (Å²) in [6.07, 6.45) is 5.62. The number of amides is 1. The summed E-state index contributed by atoms with van der Waals surface area (Å²) in [6, 6.07) is 10.2. The fourth-order valence-electron chi connectivity index (χ4n) is 4.64. The molecule has 1 saturated carbocycles. The minimum atomic E-state index is -0.448. The molecule has 1 amide bonds. The fourth-order valence-corrected chi connectivity index (χ4v) is 4.64. The van der Waals surface area contributed by atoms with Crippen LogP contribution >= 0.6 is 0 Å². The molecule has 3 fully saturated rings. The summed E-state index contributed by atoms with van der Waals surface area (Å²) in [5, 5.41) is 8.51. The van der Waals surface area contributed by atoms with E-state index < -0.39 is 5.41 Å². The molecule has 0 bridgehead atoms. The largest absolute Gasteiger partial charge is 0.425 e. The van der Waals surface area contributed by atoms with Crippen molar-refractivity contribution in [2.45, 2.75) is 55.8 Å². The highest BCUT2D eigenvalue weighted by atomic mass is 16.5. The Morgan fingerprint density at radius 2 is 1.54 bits per heavy atom. The van der Waals surface area contributed by atoms with Crippen molar-refractivity contribution in [3.8, 4) is 0 Å². The van der Waals surface area contributed by atoms with Crippen LogP contribution in [0.3, 0.4) is 0 Å².